The Morgan fingerprint density at radius 1 is 0.889 bits per heavy atom. The van der Waals surface area contributed by atoms with Crippen molar-refractivity contribution in [3.63, 3.8) is 0 Å². The number of amides is 2. The van der Waals surface area contributed by atoms with E-state index in [1.54, 1.807) is 54.6 Å². The molecule has 1 heterocycles. The van der Waals surface area contributed by atoms with Gasteiger partial charge in [-0.1, -0.05) is 12.1 Å². The van der Waals surface area contributed by atoms with E-state index in [1.807, 2.05) is 25.3 Å². The summed E-state index contributed by atoms with van der Waals surface area (Å²) < 4.78 is 5.58. The quantitative estimate of drug-likeness (QED) is 0.629. The lowest BCUT2D eigenvalue weighted by atomic mass is 10.2. The molecule has 0 aliphatic rings. The molecule has 0 unspecified atom stereocenters. The van der Waals surface area contributed by atoms with Crippen LogP contribution < -0.4 is 15.4 Å². The minimum Gasteiger partial charge on any atom is -0.491 e. The number of hydrogen-bond donors (Lipinski definition) is 2. The van der Waals surface area contributed by atoms with Crippen molar-refractivity contribution in [1.29, 1.82) is 0 Å². The van der Waals surface area contributed by atoms with Gasteiger partial charge in [0, 0.05) is 16.9 Å². The van der Waals surface area contributed by atoms with Crippen molar-refractivity contribution in [3.8, 4) is 5.75 Å². The second-order valence-corrected chi connectivity index (χ2v) is 7.11. The van der Waals surface area contributed by atoms with Gasteiger partial charge in [-0.3, -0.25) is 9.59 Å². The molecule has 0 radical (unpaired) electrons. The van der Waals surface area contributed by atoms with E-state index in [0.29, 0.717) is 21.8 Å². The maximum absolute atomic E-state index is 12.4. The average molecular weight is 380 g/mol. The third kappa shape index (κ3) is 5.18. The SMILES string of the molecule is CC(C)Oc1ccc(C(=O)Nc2cccc(NC(=O)c3cccs3)c2)cc1. The molecule has 0 bridgehead atoms. The third-order valence-electron chi connectivity index (χ3n) is 3.61. The molecule has 6 heteroatoms. The summed E-state index contributed by atoms with van der Waals surface area (Å²) in [6.45, 7) is 3.90. The van der Waals surface area contributed by atoms with Crippen molar-refractivity contribution in [3.05, 3.63) is 76.5 Å². The third-order valence-corrected chi connectivity index (χ3v) is 4.48. The maximum Gasteiger partial charge on any atom is 0.265 e. The van der Waals surface area contributed by atoms with Gasteiger partial charge in [-0.25, -0.2) is 0 Å². The smallest absolute Gasteiger partial charge is 0.265 e. The summed E-state index contributed by atoms with van der Waals surface area (Å²) >= 11 is 1.38. The normalized spacial score (nSPS) is 10.5. The fraction of sp³-hybridized carbons (Fsp3) is 0.143. The van der Waals surface area contributed by atoms with E-state index in [-0.39, 0.29) is 17.9 Å². The number of rotatable bonds is 6. The molecule has 1 aromatic heterocycles. The number of benzene rings is 2. The first-order chi connectivity index (χ1) is 13.0. The van der Waals surface area contributed by atoms with E-state index in [9.17, 15) is 9.59 Å². The van der Waals surface area contributed by atoms with Gasteiger partial charge in [-0.05, 0) is 67.8 Å². The minimum absolute atomic E-state index is 0.0804. The zero-order valence-corrected chi connectivity index (χ0v) is 15.9. The lowest BCUT2D eigenvalue weighted by molar-refractivity contribution is 0.102. The van der Waals surface area contributed by atoms with Crippen LogP contribution in [0.1, 0.15) is 33.9 Å². The molecular weight excluding hydrogens is 360 g/mol. The van der Waals surface area contributed by atoms with Crippen molar-refractivity contribution >= 4 is 34.5 Å². The lowest BCUT2D eigenvalue weighted by Gasteiger charge is -2.11. The Balaban J connectivity index is 1.65. The highest BCUT2D eigenvalue weighted by molar-refractivity contribution is 7.12. The van der Waals surface area contributed by atoms with Crippen LogP contribution in [-0.2, 0) is 0 Å². The lowest BCUT2D eigenvalue weighted by Crippen LogP contribution is -2.13. The van der Waals surface area contributed by atoms with Crippen molar-refractivity contribution in [2.45, 2.75) is 20.0 Å². The molecule has 3 rings (SSSR count). The van der Waals surface area contributed by atoms with Crippen LogP contribution in [0.25, 0.3) is 0 Å². The minimum atomic E-state index is -0.229. The van der Waals surface area contributed by atoms with Crippen LogP contribution in [0.15, 0.2) is 66.0 Å². The van der Waals surface area contributed by atoms with E-state index in [4.69, 9.17) is 4.74 Å². The van der Waals surface area contributed by atoms with Gasteiger partial charge in [0.15, 0.2) is 0 Å². The molecule has 5 nitrogen and oxygen atoms in total. The van der Waals surface area contributed by atoms with Crippen molar-refractivity contribution in [1.82, 2.24) is 0 Å². The number of nitrogens with one attached hydrogen (secondary N) is 2. The average Bonchev–Trinajstić information content (AvgIpc) is 3.17. The van der Waals surface area contributed by atoms with Crippen LogP contribution in [0.4, 0.5) is 11.4 Å². The van der Waals surface area contributed by atoms with Gasteiger partial charge in [0.25, 0.3) is 11.8 Å². The summed E-state index contributed by atoms with van der Waals surface area (Å²) in [4.78, 5) is 25.2. The van der Waals surface area contributed by atoms with Crippen LogP contribution in [0.2, 0.25) is 0 Å². The highest BCUT2D eigenvalue weighted by Gasteiger charge is 2.09. The van der Waals surface area contributed by atoms with Crippen molar-refractivity contribution in [2.24, 2.45) is 0 Å². The first-order valence-corrected chi connectivity index (χ1v) is 9.42. The Morgan fingerprint density at radius 3 is 2.15 bits per heavy atom. The molecule has 0 saturated carbocycles. The Morgan fingerprint density at radius 2 is 1.56 bits per heavy atom. The fourth-order valence-electron chi connectivity index (χ4n) is 2.44. The molecule has 2 aromatic carbocycles. The highest BCUT2D eigenvalue weighted by atomic mass is 32.1. The summed E-state index contributed by atoms with van der Waals surface area (Å²) in [6.07, 6.45) is 0.0804. The molecule has 2 amide bonds. The topological polar surface area (TPSA) is 67.4 Å². The van der Waals surface area contributed by atoms with Gasteiger partial charge >= 0.3 is 0 Å². The van der Waals surface area contributed by atoms with Crippen LogP contribution >= 0.6 is 11.3 Å². The zero-order valence-electron chi connectivity index (χ0n) is 15.1. The summed E-state index contributed by atoms with van der Waals surface area (Å²) in [5.41, 5.74) is 1.75. The standard InChI is InChI=1S/C21H20N2O3S/c1-14(2)26-18-10-8-15(9-11-18)20(24)22-16-5-3-6-17(13-16)23-21(25)19-7-4-12-27-19/h3-14H,1-2H3,(H,22,24)(H,23,25). The number of thiophene rings is 1. The molecule has 27 heavy (non-hydrogen) atoms. The van der Waals surface area contributed by atoms with Crippen LogP contribution in [0, 0.1) is 0 Å². The number of anilines is 2. The number of carbonyl (C=O) groups is 2. The number of ether oxygens (including phenoxy) is 1. The molecule has 0 atom stereocenters. The molecule has 2 N–H and O–H groups in total. The van der Waals surface area contributed by atoms with Crippen LogP contribution in [-0.4, -0.2) is 17.9 Å². The molecule has 0 spiro atoms. The number of hydrogen-bond acceptors (Lipinski definition) is 4. The molecular formula is C21H20N2O3S. The van der Waals surface area contributed by atoms with Gasteiger partial charge in [-0.2, -0.15) is 0 Å². The van der Waals surface area contributed by atoms with Gasteiger partial charge in [0.2, 0.25) is 0 Å². The molecule has 3 aromatic rings. The first-order valence-electron chi connectivity index (χ1n) is 8.54. The van der Waals surface area contributed by atoms with E-state index in [1.165, 1.54) is 11.3 Å². The van der Waals surface area contributed by atoms with Crippen molar-refractivity contribution in [2.75, 3.05) is 10.6 Å². The van der Waals surface area contributed by atoms with Gasteiger partial charge in [-0.15, -0.1) is 11.3 Å². The Labute approximate surface area is 162 Å². The summed E-state index contributed by atoms with van der Waals surface area (Å²) in [6, 6.07) is 17.6. The van der Waals surface area contributed by atoms with Gasteiger partial charge in [0.1, 0.15) is 5.75 Å². The van der Waals surface area contributed by atoms with Crippen LogP contribution in [0.5, 0.6) is 5.75 Å². The maximum atomic E-state index is 12.4. The fourth-order valence-corrected chi connectivity index (χ4v) is 3.05. The van der Waals surface area contributed by atoms with Crippen LogP contribution in [0.3, 0.4) is 0 Å². The largest absolute Gasteiger partial charge is 0.491 e. The van der Waals surface area contributed by atoms with E-state index < -0.39 is 0 Å². The van der Waals surface area contributed by atoms with Gasteiger partial charge < -0.3 is 15.4 Å². The van der Waals surface area contributed by atoms with E-state index in [0.717, 1.165) is 5.75 Å². The summed E-state index contributed by atoms with van der Waals surface area (Å²) in [7, 11) is 0. The molecule has 138 valence electrons. The predicted octanol–water partition coefficient (Wildman–Crippen LogP) is 5.04. The highest BCUT2D eigenvalue weighted by Crippen LogP contribution is 2.19. The molecule has 0 fully saturated rings. The molecule has 0 aliphatic heterocycles. The van der Waals surface area contributed by atoms with Crippen molar-refractivity contribution < 1.29 is 14.3 Å². The zero-order chi connectivity index (χ0) is 19.2. The first kappa shape index (κ1) is 18.7. The Hall–Kier alpha value is -3.12. The monoisotopic (exact) mass is 380 g/mol. The second kappa shape index (κ2) is 8.51. The molecule has 0 aliphatic carbocycles. The number of carbonyl (C=O) groups excluding carboxylic acids is 2. The molecule has 0 saturated heterocycles. The predicted molar refractivity (Wildman–Crippen MR) is 109 cm³/mol. The Kier molecular flexibility index (Phi) is 5.88. The second-order valence-electron chi connectivity index (χ2n) is 6.16. The Bertz CT molecular complexity index is 919. The summed E-state index contributed by atoms with van der Waals surface area (Å²) in [5.74, 6) is 0.321. The summed E-state index contributed by atoms with van der Waals surface area (Å²) in [5, 5.41) is 7.52. The van der Waals surface area contributed by atoms with Gasteiger partial charge in [0.05, 0.1) is 11.0 Å². The van der Waals surface area contributed by atoms with E-state index in [2.05, 4.69) is 10.6 Å². The van der Waals surface area contributed by atoms with E-state index >= 15 is 0 Å².